The molecular weight excluding hydrogens is 392 g/mol. The average Bonchev–Trinajstić information content (AvgIpc) is 2.93. The van der Waals surface area contributed by atoms with Gasteiger partial charge in [-0.1, -0.05) is 35.5 Å². The summed E-state index contributed by atoms with van der Waals surface area (Å²) in [4.78, 5) is 17.6. The lowest BCUT2D eigenvalue weighted by Crippen LogP contribution is -1.98. The van der Waals surface area contributed by atoms with Crippen LogP contribution in [0.5, 0.6) is 0 Å². The maximum Gasteiger partial charge on any atom is 0.335 e. The monoisotopic (exact) mass is 408 g/mol. The van der Waals surface area contributed by atoms with Gasteiger partial charge in [0, 0.05) is 32.1 Å². The number of halogens is 1. The van der Waals surface area contributed by atoms with Crippen molar-refractivity contribution in [3.05, 3.63) is 82.8 Å². The molecule has 4 aromatic rings. The summed E-state index contributed by atoms with van der Waals surface area (Å²) in [6.45, 7) is 4.07. The molecule has 0 amide bonds. The normalized spacial score (nSPS) is 11.1. The van der Waals surface area contributed by atoms with Gasteiger partial charge >= 0.3 is 5.97 Å². The molecular formula is C22H17ClN2O2S. The van der Waals surface area contributed by atoms with E-state index in [-0.39, 0.29) is 5.56 Å². The molecule has 2 heterocycles. The molecule has 0 bridgehead atoms. The zero-order valence-corrected chi connectivity index (χ0v) is 16.9. The molecule has 1 N–H and O–H groups in total. The van der Waals surface area contributed by atoms with E-state index < -0.39 is 5.97 Å². The summed E-state index contributed by atoms with van der Waals surface area (Å²) in [5.41, 5.74) is 4.36. The largest absolute Gasteiger partial charge is 0.478 e. The summed E-state index contributed by atoms with van der Waals surface area (Å²) >= 11 is 7.84. The van der Waals surface area contributed by atoms with Crippen LogP contribution in [0, 0.1) is 13.8 Å². The molecule has 2 aromatic carbocycles. The molecule has 0 spiro atoms. The van der Waals surface area contributed by atoms with Crippen LogP contribution in [0.15, 0.2) is 70.7 Å². The van der Waals surface area contributed by atoms with E-state index in [4.69, 9.17) is 11.6 Å². The van der Waals surface area contributed by atoms with Crippen LogP contribution < -0.4 is 0 Å². The van der Waals surface area contributed by atoms with Gasteiger partial charge in [0.2, 0.25) is 0 Å². The first-order chi connectivity index (χ1) is 13.4. The zero-order valence-electron chi connectivity index (χ0n) is 15.3. The van der Waals surface area contributed by atoms with Crippen molar-refractivity contribution in [2.24, 2.45) is 0 Å². The topological polar surface area (TPSA) is 55.1 Å². The average molecular weight is 409 g/mol. The van der Waals surface area contributed by atoms with Crippen LogP contribution in [-0.4, -0.2) is 20.6 Å². The Morgan fingerprint density at radius 1 is 1.11 bits per heavy atom. The fourth-order valence-corrected chi connectivity index (χ4v) is 4.55. The van der Waals surface area contributed by atoms with Gasteiger partial charge in [-0.15, -0.1) is 0 Å². The molecule has 0 fully saturated rings. The van der Waals surface area contributed by atoms with Gasteiger partial charge in [0.05, 0.1) is 23.0 Å². The van der Waals surface area contributed by atoms with E-state index in [1.807, 2.05) is 43.6 Å². The summed E-state index contributed by atoms with van der Waals surface area (Å²) in [6, 6.07) is 14.9. The highest BCUT2D eigenvalue weighted by Crippen LogP contribution is 2.40. The third-order valence-electron chi connectivity index (χ3n) is 4.53. The Morgan fingerprint density at radius 2 is 1.93 bits per heavy atom. The molecule has 28 heavy (non-hydrogen) atoms. The molecule has 0 radical (unpaired) electrons. The molecule has 0 aliphatic heterocycles. The lowest BCUT2D eigenvalue weighted by Gasteiger charge is -2.09. The van der Waals surface area contributed by atoms with Crippen molar-refractivity contribution >= 4 is 40.2 Å². The molecule has 0 aliphatic carbocycles. The number of aromatic carboxylic acids is 1. The Hall–Kier alpha value is -2.76. The summed E-state index contributed by atoms with van der Waals surface area (Å²) in [6.07, 6.45) is 3.66. The second-order valence-corrected chi connectivity index (χ2v) is 8.09. The van der Waals surface area contributed by atoms with Crippen LogP contribution in [0.2, 0.25) is 5.02 Å². The predicted molar refractivity (Wildman–Crippen MR) is 113 cm³/mol. The van der Waals surface area contributed by atoms with Crippen LogP contribution in [0.4, 0.5) is 0 Å². The number of carboxylic acids is 1. The lowest BCUT2D eigenvalue weighted by atomic mass is 10.2. The van der Waals surface area contributed by atoms with Crippen molar-refractivity contribution in [1.82, 2.24) is 9.55 Å². The first-order valence-corrected chi connectivity index (χ1v) is 9.87. The molecule has 0 unspecified atom stereocenters. The number of hydrogen-bond donors (Lipinski definition) is 1. The quantitative estimate of drug-likeness (QED) is 0.440. The van der Waals surface area contributed by atoms with Crippen molar-refractivity contribution < 1.29 is 9.90 Å². The van der Waals surface area contributed by atoms with Crippen LogP contribution in [0.1, 0.15) is 21.6 Å². The molecule has 140 valence electrons. The zero-order chi connectivity index (χ0) is 19.8. The second-order valence-electron chi connectivity index (χ2n) is 6.57. The van der Waals surface area contributed by atoms with Crippen molar-refractivity contribution in [3.63, 3.8) is 0 Å². The van der Waals surface area contributed by atoms with Crippen molar-refractivity contribution in [2.75, 3.05) is 0 Å². The lowest BCUT2D eigenvalue weighted by molar-refractivity contribution is 0.0696. The summed E-state index contributed by atoms with van der Waals surface area (Å²) in [5, 5.41) is 11.0. The van der Waals surface area contributed by atoms with Gasteiger partial charge in [-0.05, 0) is 55.8 Å². The summed E-state index contributed by atoms with van der Waals surface area (Å²) in [5.74, 6) is -0.931. The molecule has 0 atom stereocenters. The number of aryl methyl sites for hydroxylation is 1. The van der Waals surface area contributed by atoms with E-state index in [9.17, 15) is 9.90 Å². The van der Waals surface area contributed by atoms with Gasteiger partial charge in [0.1, 0.15) is 0 Å². The molecule has 4 nitrogen and oxygen atoms in total. The van der Waals surface area contributed by atoms with Gasteiger partial charge in [0.25, 0.3) is 0 Å². The number of carbonyl (C=O) groups is 1. The molecule has 4 rings (SSSR count). The minimum atomic E-state index is -0.931. The van der Waals surface area contributed by atoms with Gasteiger partial charge in [-0.2, -0.15) is 0 Å². The highest BCUT2D eigenvalue weighted by atomic mass is 35.5. The van der Waals surface area contributed by atoms with Gasteiger partial charge in [-0.3, -0.25) is 4.98 Å². The van der Waals surface area contributed by atoms with E-state index in [1.165, 1.54) is 0 Å². The number of aromatic nitrogens is 2. The SMILES string of the molecule is Cc1cncc(-n2c(C)c(Sc3cccc(C(=O)O)c3)c3ccc(Cl)cc32)c1. The smallest absolute Gasteiger partial charge is 0.335 e. The second kappa shape index (κ2) is 7.34. The first-order valence-electron chi connectivity index (χ1n) is 8.68. The molecule has 6 heteroatoms. The number of rotatable bonds is 4. The number of nitrogens with zero attached hydrogens (tertiary/aromatic N) is 2. The first kappa shape index (κ1) is 18.6. The Kier molecular flexibility index (Phi) is 4.87. The highest BCUT2D eigenvalue weighted by molar-refractivity contribution is 7.99. The predicted octanol–water partition coefficient (Wildman–Crippen LogP) is 6.15. The summed E-state index contributed by atoms with van der Waals surface area (Å²) < 4.78 is 2.14. The number of hydrogen-bond acceptors (Lipinski definition) is 3. The van der Waals surface area contributed by atoms with E-state index >= 15 is 0 Å². The van der Waals surface area contributed by atoms with Crippen molar-refractivity contribution in [3.8, 4) is 5.69 Å². The van der Waals surface area contributed by atoms with Gasteiger partial charge in [-0.25, -0.2) is 4.79 Å². The van der Waals surface area contributed by atoms with Crippen LogP contribution >= 0.6 is 23.4 Å². The Morgan fingerprint density at radius 3 is 2.68 bits per heavy atom. The van der Waals surface area contributed by atoms with E-state index in [0.717, 1.165) is 37.6 Å². The molecule has 0 saturated carbocycles. The third kappa shape index (κ3) is 3.39. The number of benzene rings is 2. The van der Waals surface area contributed by atoms with Crippen molar-refractivity contribution in [1.29, 1.82) is 0 Å². The Balaban J connectivity index is 1.91. The minimum absolute atomic E-state index is 0.275. The van der Waals surface area contributed by atoms with Crippen LogP contribution in [0.3, 0.4) is 0 Å². The van der Waals surface area contributed by atoms with Gasteiger partial charge in [0.15, 0.2) is 0 Å². The van der Waals surface area contributed by atoms with Crippen LogP contribution in [0.25, 0.3) is 16.6 Å². The highest BCUT2D eigenvalue weighted by Gasteiger charge is 2.17. The van der Waals surface area contributed by atoms with Crippen molar-refractivity contribution in [2.45, 2.75) is 23.6 Å². The van der Waals surface area contributed by atoms with Crippen LogP contribution in [-0.2, 0) is 0 Å². The molecule has 0 saturated heterocycles. The maximum absolute atomic E-state index is 11.3. The number of carboxylic acid groups (broad SMARTS) is 1. The maximum atomic E-state index is 11.3. The van der Waals surface area contributed by atoms with E-state index in [0.29, 0.717) is 5.02 Å². The van der Waals surface area contributed by atoms with E-state index in [2.05, 4.69) is 22.5 Å². The minimum Gasteiger partial charge on any atom is -0.478 e. The third-order valence-corrected chi connectivity index (χ3v) is 5.97. The number of fused-ring (bicyclic) bond motifs is 1. The fraction of sp³-hybridized carbons (Fsp3) is 0.0909. The Labute approximate surface area is 171 Å². The molecule has 2 aromatic heterocycles. The summed E-state index contributed by atoms with van der Waals surface area (Å²) in [7, 11) is 0. The standard InChI is InChI=1S/C22H17ClN2O2S/c1-13-8-17(12-24-11-13)25-14(2)21(19-7-6-16(23)10-20(19)25)28-18-5-3-4-15(9-18)22(26)27/h3-12H,1-2H3,(H,26,27). The fourth-order valence-electron chi connectivity index (χ4n) is 3.29. The van der Waals surface area contributed by atoms with Gasteiger partial charge < -0.3 is 9.67 Å². The molecule has 0 aliphatic rings. The number of pyridine rings is 1. The Bertz CT molecular complexity index is 1220. The van der Waals surface area contributed by atoms with E-state index in [1.54, 1.807) is 30.0 Å².